The molecule has 1 aromatic rings. The molecule has 1 aliphatic rings. The zero-order valence-corrected chi connectivity index (χ0v) is 11.0. The first-order valence-electron chi connectivity index (χ1n) is 5.74. The molecule has 2 heterocycles. The van der Waals surface area contributed by atoms with E-state index in [1.807, 2.05) is 0 Å². The summed E-state index contributed by atoms with van der Waals surface area (Å²) in [5, 5.41) is 0. The molecule has 2 rings (SSSR count). The molecule has 1 atom stereocenters. The minimum Gasteiger partial charge on any atom is -0.376 e. The third-order valence-electron chi connectivity index (χ3n) is 2.58. The predicted molar refractivity (Wildman–Crippen MR) is 67.8 cm³/mol. The van der Waals surface area contributed by atoms with Crippen LogP contribution in [0.4, 0.5) is 5.82 Å². The molecular weight excluding hydrogens is 272 g/mol. The van der Waals surface area contributed by atoms with Crippen LogP contribution in [0.25, 0.3) is 0 Å². The molecule has 0 amide bonds. The molecule has 1 aromatic heterocycles. The van der Waals surface area contributed by atoms with E-state index in [1.54, 1.807) is 0 Å². The summed E-state index contributed by atoms with van der Waals surface area (Å²) < 4.78 is 37.2. The third kappa shape index (κ3) is 3.61. The number of aromatic nitrogens is 1. The zero-order valence-electron chi connectivity index (χ0n) is 10.2. The first kappa shape index (κ1) is 14.2. The maximum absolute atomic E-state index is 12.1. The number of nitrogens with one attached hydrogen (secondary N) is 2. The number of hydrogen-bond acceptors (Lipinski definition) is 7. The second kappa shape index (κ2) is 6.26. The molecule has 106 valence electrons. The summed E-state index contributed by atoms with van der Waals surface area (Å²) in [5.41, 5.74) is 2.25. The van der Waals surface area contributed by atoms with Gasteiger partial charge in [-0.3, -0.25) is 0 Å². The number of sulfonamides is 1. The van der Waals surface area contributed by atoms with Gasteiger partial charge in [0.2, 0.25) is 10.0 Å². The lowest BCUT2D eigenvalue weighted by atomic mass is 10.3. The SMILES string of the molecule is NNc1ncccc1S(=O)(=O)NCC1COCCO1. The number of hydrogen-bond donors (Lipinski definition) is 3. The summed E-state index contributed by atoms with van der Waals surface area (Å²) in [4.78, 5) is 3.84. The van der Waals surface area contributed by atoms with Crippen LogP contribution in [0.1, 0.15) is 0 Å². The molecule has 0 spiro atoms. The van der Waals surface area contributed by atoms with E-state index in [-0.39, 0.29) is 23.4 Å². The van der Waals surface area contributed by atoms with Crippen LogP contribution in [-0.2, 0) is 19.5 Å². The van der Waals surface area contributed by atoms with Crippen LogP contribution in [0.2, 0.25) is 0 Å². The van der Waals surface area contributed by atoms with Crippen molar-refractivity contribution in [3.05, 3.63) is 18.3 Å². The number of nitrogen functional groups attached to an aromatic ring is 1. The predicted octanol–water partition coefficient (Wildman–Crippen LogP) is -0.939. The topological polar surface area (TPSA) is 116 Å². The second-order valence-electron chi connectivity index (χ2n) is 3.91. The summed E-state index contributed by atoms with van der Waals surface area (Å²) in [6, 6.07) is 2.94. The summed E-state index contributed by atoms with van der Waals surface area (Å²) >= 11 is 0. The lowest BCUT2D eigenvalue weighted by molar-refractivity contribution is -0.0846. The maximum atomic E-state index is 12.1. The summed E-state index contributed by atoms with van der Waals surface area (Å²) in [6.07, 6.45) is 1.17. The molecule has 0 aliphatic carbocycles. The van der Waals surface area contributed by atoms with Gasteiger partial charge in [-0.2, -0.15) is 0 Å². The van der Waals surface area contributed by atoms with Gasteiger partial charge >= 0.3 is 0 Å². The average molecular weight is 288 g/mol. The van der Waals surface area contributed by atoms with Crippen molar-refractivity contribution in [2.45, 2.75) is 11.0 Å². The Morgan fingerprint density at radius 1 is 1.47 bits per heavy atom. The van der Waals surface area contributed by atoms with Gasteiger partial charge in [0.25, 0.3) is 0 Å². The lowest BCUT2D eigenvalue weighted by Gasteiger charge is -2.23. The number of pyridine rings is 1. The fourth-order valence-corrected chi connectivity index (χ4v) is 2.84. The quantitative estimate of drug-likeness (QED) is 0.473. The van der Waals surface area contributed by atoms with Crippen LogP contribution < -0.4 is 16.0 Å². The highest BCUT2D eigenvalue weighted by Gasteiger charge is 2.22. The fraction of sp³-hybridized carbons (Fsp3) is 0.500. The van der Waals surface area contributed by atoms with Gasteiger partial charge < -0.3 is 14.9 Å². The Labute approximate surface area is 111 Å². The van der Waals surface area contributed by atoms with Gasteiger partial charge in [-0.05, 0) is 12.1 Å². The summed E-state index contributed by atoms with van der Waals surface area (Å²) in [7, 11) is -3.69. The number of nitrogens with zero attached hydrogens (tertiary/aromatic N) is 1. The van der Waals surface area contributed by atoms with E-state index in [2.05, 4.69) is 15.1 Å². The van der Waals surface area contributed by atoms with E-state index in [0.717, 1.165) is 0 Å². The maximum Gasteiger partial charge on any atom is 0.244 e. The number of anilines is 1. The van der Waals surface area contributed by atoms with Gasteiger partial charge in [0, 0.05) is 12.7 Å². The molecule has 0 radical (unpaired) electrons. The molecule has 1 aliphatic heterocycles. The van der Waals surface area contributed by atoms with Crippen LogP contribution in [0, 0.1) is 0 Å². The van der Waals surface area contributed by atoms with E-state index in [1.165, 1.54) is 18.3 Å². The number of nitrogens with two attached hydrogens (primary N) is 1. The monoisotopic (exact) mass is 288 g/mol. The van der Waals surface area contributed by atoms with Gasteiger partial charge in [-0.15, -0.1) is 0 Å². The van der Waals surface area contributed by atoms with Crippen LogP contribution in [0.15, 0.2) is 23.2 Å². The molecule has 9 heteroatoms. The van der Waals surface area contributed by atoms with E-state index in [0.29, 0.717) is 19.8 Å². The average Bonchev–Trinajstić information content (AvgIpc) is 2.46. The van der Waals surface area contributed by atoms with Gasteiger partial charge in [-0.1, -0.05) is 0 Å². The number of ether oxygens (including phenoxy) is 2. The minimum atomic E-state index is -3.69. The first-order valence-corrected chi connectivity index (χ1v) is 7.22. The molecule has 0 bridgehead atoms. The van der Waals surface area contributed by atoms with E-state index >= 15 is 0 Å². The van der Waals surface area contributed by atoms with Crippen LogP contribution in [-0.4, -0.2) is 45.9 Å². The molecule has 1 fully saturated rings. The molecule has 8 nitrogen and oxygen atoms in total. The molecular formula is C10H16N4O4S. The van der Waals surface area contributed by atoms with Gasteiger partial charge in [0.15, 0.2) is 5.82 Å². The Hall–Kier alpha value is -1.26. The van der Waals surface area contributed by atoms with Crippen molar-refractivity contribution in [1.29, 1.82) is 0 Å². The Morgan fingerprint density at radius 2 is 2.32 bits per heavy atom. The smallest absolute Gasteiger partial charge is 0.244 e. The summed E-state index contributed by atoms with van der Waals surface area (Å²) in [5.74, 6) is 5.33. The molecule has 0 saturated carbocycles. The standard InChI is InChI=1S/C10H16N4O4S/c11-14-10-9(2-1-3-12-10)19(15,16)13-6-8-7-17-4-5-18-8/h1-3,8,13H,4-7,11H2,(H,12,14). The van der Waals surface area contributed by atoms with E-state index in [9.17, 15) is 8.42 Å². The lowest BCUT2D eigenvalue weighted by Crippen LogP contribution is -2.39. The van der Waals surface area contributed by atoms with Gasteiger partial charge in [-0.25, -0.2) is 24.0 Å². The number of rotatable bonds is 5. The zero-order chi connectivity index (χ0) is 13.7. The van der Waals surface area contributed by atoms with Crippen molar-refractivity contribution in [1.82, 2.24) is 9.71 Å². The number of hydrazine groups is 1. The largest absolute Gasteiger partial charge is 0.376 e. The van der Waals surface area contributed by atoms with Crippen molar-refractivity contribution >= 4 is 15.8 Å². The highest BCUT2D eigenvalue weighted by molar-refractivity contribution is 7.89. The highest BCUT2D eigenvalue weighted by Crippen LogP contribution is 2.16. The third-order valence-corrected chi connectivity index (χ3v) is 4.04. The molecule has 1 unspecified atom stereocenters. The Balaban J connectivity index is 2.05. The molecule has 4 N–H and O–H groups in total. The van der Waals surface area contributed by atoms with Crippen molar-refractivity contribution < 1.29 is 17.9 Å². The molecule has 19 heavy (non-hydrogen) atoms. The van der Waals surface area contributed by atoms with Crippen LogP contribution in [0.3, 0.4) is 0 Å². The van der Waals surface area contributed by atoms with Crippen molar-refractivity contribution in [2.75, 3.05) is 31.8 Å². The summed E-state index contributed by atoms with van der Waals surface area (Å²) in [6.45, 7) is 1.51. The molecule has 1 saturated heterocycles. The first-order chi connectivity index (χ1) is 9.13. The van der Waals surface area contributed by atoms with Crippen molar-refractivity contribution in [3.8, 4) is 0 Å². The van der Waals surface area contributed by atoms with Gasteiger partial charge in [0.1, 0.15) is 4.90 Å². The highest BCUT2D eigenvalue weighted by atomic mass is 32.2. The van der Waals surface area contributed by atoms with E-state index < -0.39 is 10.0 Å². The van der Waals surface area contributed by atoms with Gasteiger partial charge in [0.05, 0.1) is 25.9 Å². The Morgan fingerprint density at radius 3 is 3.00 bits per heavy atom. The normalized spacial score (nSPS) is 20.2. The van der Waals surface area contributed by atoms with Crippen LogP contribution >= 0.6 is 0 Å². The minimum absolute atomic E-state index is 0.00534. The van der Waals surface area contributed by atoms with Crippen molar-refractivity contribution in [3.63, 3.8) is 0 Å². The van der Waals surface area contributed by atoms with Crippen molar-refractivity contribution in [2.24, 2.45) is 5.84 Å². The molecule has 0 aromatic carbocycles. The fourth-order valence-electron chi connectivity index (χ4n) is 1.65. The Bertz CT molecular complexity index is 516. The van der Waals surface area contributed by atoms with E-state index in [4.69, 9.17) is 15.3 Å². The Kier molecular flexibility index (Phi) is 4.66. The van der Waals surface area contributed by atoms with Crippen LogP contribution in [0.5, 0.6) is 0 Å². The second-order valence-corrected chi connectivity index (χ2v) is 5.65.